The van der Waals surface area contributed by atoms with E-state index in [0.717, 1.165) is 25.7 Å². The third-order valence-corrected chi connectivity index (χ3v) is 2.58. The number of carboxylic acid groups (broad SMARTS) is 1. The Labute approximate surface area is 72.0 Å². The maximum Gasteiger partial charge on any atom is 0.306 e. The fourth-order valence-electron chi connectivity index (χ4n) is 1.74. The second kappa shape index (κ2) is 4.10. The molecule has 0 unspecified atom stereocenters. The van der Waals surface area contributed by atoms with Crippen molar-refractivity contribution in [3.8, 4) is 6.07 Å². The van der Waals surface area contributed by atoms with Crippen LogP contribution in [0.15, 0.2) is 0 Å². The van der Waals surface area contributed by atoms with Crippen molar-refractivity contribution in [3.63, 3.8) is 0 Å². The Hall–Kier alpha value is -1.04. The summed E-state index contributed by atoms with van der Waals surface area (Å²) in [7, 11) is 0. The van der Waals surface area contributed by atoms with Gasteiger partial charge in [0.05, 0.1) is 12.0 Å². The molecule has 0 bridgehead atoms. The van der Waals surface area contributed by atoms with Gasteiger partial charge >= 0.3 is 5.97 Å². The quantitative estimate of drug-likeness (QED) is 0.682. The van der Waals surface area contributed by atoms with Gasteiger partial charge in [0.2, 0.25) is 0 Å². The van der Waals surface area contributed by atoms with Crippen LogP contribution in [0.25, 0.3) is 0 Å². The minimum atomic E-state index is -0.676. The van der Waals surface area contributed by atoms with Crippen LogP contribution in [0.3, 0.4) is 0 Å². The lowest BCUT2D eigenvalue weighted by atomic mass is 9.81. The lowest BCUT2D eigenvalue weighted by Crippen LogP contribution is -2.21. The molecule has 0 aliphatic heterocycles. The second-order valence-electron chi connectivity index (χ2n) is 3.42. The highest BCUT2D eigenvalue weighted by atomic mass is 16.4. The summed E-state index contributed by atoms with van der Waals surface area (Å²) < 4.78 is 0. The summed E-state index contributed by atoms with van der Waals surface area (Å²) >= 11 is 0. The van der Waals surface area contributed by atoms with Crippen molar-refractivity contribution in [1.82, 2.24) is 0 Å². The number of rotatable bonds is 2. The largest absolute Gasteiger partial charge is 0.481 e. The standard InChI is InChI=1S/C9H13NO2/c10-6-5-7-1-3-8(4-2-7)9(11)12/h7-8H,1-5H2,(H,11,12). The highest BCUT2D eigenvalue weighted by molar-refractivity contribution is 5.69. The molecule has 1 fully saturated rings. The van der Waals surface area contributed by atoms with Crippen LogP contribution >= 0.6 is 0 Å². The summed E-state index contributed by atoms with van der Waals surface area (Å²) in [5.74, 6) is -0.379. The monoisotopic (exact) mass is 167 g/mol. The predicted molar refractivity (Wildman–Crippen MR) is 43.3 cm³/mol. The van der Waals surface area contributed by atoms with E-state index >= 15 is 0 Å². The van der Waals surface area contributed by atoms with Gasteiger partial charge in [-0.05, 0) is 31.6 Å². The van der Waals surface area contributed by atoms with Crippen molar-refractivity contribution in [2.24, 2.45) is 11.8 Å². The zero-order chi connectivity index (χ0) is 8.97. The zero-order valence-electron chi connectivity index (χ0n) is 6.99. The Morgan fingerprint density at radius 2 is 2.00 bits per heavy atom. The topological polar surface area (TPSA) is 61.1 Å². The molecule has 1 N–H and O–H groups in total. The van der Waals surface area contributed by atoms with Gasteiger partial charge in [-0.1, -0.05) is 0 Å². The first-order valence-electron chi connectivity index (χ1n) is 4.33. The highest BCUT2D eigenvalue weighted by Gasteiger charge is 2.25. The molecule has 1 aliphatic rings. The van der Waals surface area contributed by atoms with Gasteiger partial charge in [-0.2, -0.15) is 5.26 Å². The number of carbonyl (C=O) groups is 1. The molecule has 1 saturated carbocycles. The second-order valence-corrected chi connectivity index (χ2v) is 3.42. The van der Waals surface area contributed by atoms with E-state index < -0.39 is 5.97 Å². The molecule has 0 amide bonds. The van der Waals surface area contributed by atoms with Gasteiger partial charge in [-0.25, -0.2) is 0 Å². The van der Waals surface area contributed by atoms with E-state index in [1.165, 1.54) is 0 Å². The summed E-state index contributed by atoms with van der Waals surface area (Å²) in [6.07, 6.45) is 3.91. The van der Waals surface area contributed by atoms with Crippen molar-refractivity contribution in [3.05, 3.63) is 0 Å². The lowest BCUT2D eigenvalue weighted by molar-refractivity contribution is -0.143. The molecule has 0 aromatic heterocycles. The third kappa shape index (κ3) is 2.23. The van der Waals surface area contributed by atoms with Crippen LogP contribution in [0.2, 0.25) is 0 Å². The Kier molecular flexibility index (Phi) is 3.09. The van der Waals surface area contributed by atoms with Gasteiger partial charge in [-0.3, -0.25) is 4.79 Å². The minimum absolute atomic E-state index is 0.153. The number of hydrogen-bond donors (Lipinski definition) is 1. The zero-order valence-corrected chi connectivity index (χ0v) is 6.99. The molecule has 66 valence electrons. The number of nitrogens with zero attached hydrogens (tertiary/aromatic N) is 1. The highest BCUT2D eigenvalue weighted by Crippen LogP contribution is 2.30. The van der Waals surface area contributed by atoms with Gasteiger partial charge in [0.25, 0.3) is 0 Å². The smallest absolute Gasteiger partial charge is 0.306 e. The number of carboxylic acids is 1. The third-order valence-electron chi connectivity index (χ3n) is 2.58. The van der Waals surface area contributed by atoms with E-state index in [1.807, 2.05) is 0 Å². The Morgan fingerprint density at radius 1 is 1.42 bits per heavy atom. The molecular weight excluding hydrogens is 154 g/mol. The van der Waals surface area contributed by atoms with Crippen LogP contribution < -0.4 is 0 Å². The van der Waals surface area contributed by atoms with Crippen molar-refractivity contribution >= 4 is 5.97 Å². The average molecular weight is 167 g/mol. The minimum Gasteiger partial charge on any atom is -0.481 e. The van der Waals surface area contributed by atoms with E-state index in [9.17, 15) is 4.79 Å². The van der Waals surface area contributed by atoms with Crippen molar-refractivity contribution in [2.45, 2.75) is 32.1 Å². The van der Waals surface area contributed by atoms with Gasteiger partial charge < -0.3 is 5.11 Å². The molecule has 0 radical (unpaired) electrons. The summed E-state index contributed by atoms with van der Waals surface area (Å²) in [6, 6.07) is 2.13. The fraction of sp³-hybridized carbons (Fsp3) is 0.778. The Morgan fingerprint density at radius 3 is 2.42 bits per heavy atom. The molecule has 12 heavy (non-hydrogen) atoms. The number of hydrogen-bond acceptors (Lipinski definition) is 2. The van der Waals surface area contributed by atoms with Crippen LogP contribution in [0.4, 0.5) is 0 Å². The SMILES string of the molecule is N#CCC1CCC(C(=O)O)CC1. The molecule has 0 saturated heterocycles. The summed E-state index contributed by atoms with van der Waals surface area (Å²) in [6.45, 7) is 0. The summed E-state index contributed by atoms with van der Waals surface area (Å²) in [4.78, 5) is 10.6. The van der Waals surface area contributed by atoms with Gasteiger partial charge in [0, 0.05) is 6.42 Å². The first-order valence-corrected chi connectivity index (χ1v) is 4.33. The normalized spacial score (nSPS) is 29.2. The van der Waals surface area contributed by atoms with E-state index in [4.69, 9.17) is 10.4 Å². The van der Waals surface area contributed by atoms with Crippen molar-refractivity contribution in [2.75, 3.05) is 0 Å². The van der Waals surface area contributed by atoms with E-state index in [-0.39, 0.29) is 5.92 Å². The average Bonchev–Trinajstić information content (AvgIpc) is 2.06. The van der Waals surface area contributed by atoms with Crippen molar-refractivity contribution in [1.29, 1.82) is 5.26 Å². The van der Waals surface area contributed by atoms with Crippen LogP contribution in [-0.2, 0) is 4.79 Å². The maximum atomic E-state index is 10.6. The lowest BCUT2D eigenvalue weighted by Gasteiger charge is -2.23. The molecule has 1 rings (SSSR count). The van der Waals surface area contributed by atoms with Gasteiger partial charge in [-0.15, -0.1) is 0 Å². The molecule has 1 aliphatic carbocycles. The van der Waals surface area contributed by atoms with Crippen molar-refractivity contribution < 1.29 is 9.90 Å². The van der Waals surface area contributed by atoms with Crippen LogP contribution in [0, 0.1) is 23.2 Å². The summed E-state index contributed by atoms with van der Waals surface area (Å²) in [5.41, 5.74) is 0. The molecular formula is C9H13NO2. The van der Waals surface area contributed by atoms with E-state index in [1.54, 1.807) is 0 Å². The Balaban J connectivity index is 2.30. The summed E-state index contributed by atoms with van der Waals surface area (Å²) in [5, 5.41) is 17.1. The Bertz CT molecular complexity index is 199. The number of nitriles is 1. The first kappa shape index (κ1) is 9.05. The predicted octanol–water partition coefficient (Wildman–Crippen LogP) is 1.79. The van der Waals surface area contributed by atoms with Crippen LogP contribution in [-0.4, -0.2) is 11.1 Å². The van der Waals surface area contributed by atoms with E-state index in [0.29, 0.717) is 12.3 Å². The molecule has 0 aromatic rings. The fourth-order valence-corrected chi connectivity index (χ4v) is 1.74. The molecule has 0 aromatic carbocycles. The van der Waals surface area contributed by atoms with Crippen LogP contribution in [0.1, 0.15) is 32.1 Å². The molecule has 0 heterocycles. The molecule has 3 nitrogen and oxygen atoms in total. The molecule has 3 heteroatoms. The van der Waals surface area contributed by atoms with E-state index in [2.05, 4.69) is 6.07 Å². The van der Waals surface area contributed by atoms with Gasteiger partial charge in [0.15, 0.2) is 0 Å². The number of aliphatic carboxylic acids is 1. The molecule has 0 spiro atoms. The van der Waals surface area contributed by atoms with Gasteiger partial charge in [0.1, 0.15) is 0 Å². The first-order chi connectivity index (χ1) is 5.74. The maximum absolute atomic E-state index is 10.6. The van der Waals surface area contributed by atoms with Crippen LogP contribution in [0.5, 0.6) is 0 Å². The molecule has 0 atom stereocenters.